The van der Waals surface area contributed by atoms with Crippen LogP contribution in [-0.2, 0) is 0 Å². The van der Waals surface area contributed by atoms with Crippen molar-refractivity contribution in [1.82, 2.24) is 0 Å². The van der Waals surface area contributed by atoms with Gasteiger partial charge >= 0.3 is 5.51 Å². The lowest BCUT2D eigenvalue weighted by Crippen LogP contribution is -2.10. The molecule has 0 atom stereocenters. The summed E-state index contributed by atoms with van der Waals surface area (Å²) in [5, 5.41) is 3.31. The molecule has 0 radical (unpaired) electrons. The van der Waals surface area contributed by atoms with Crippen LogP contribution in [0.15, 0.2) is 12.1 Å². The standard InChI is InChI=1S/C9H9Cl2F3N2S/c10-6-3-5(15)4-7(11)8(6)16-1-2-17-9(12,13)14/h3-4,16H,1-2,15H2. The van der Waals surface area contributed by atoms with Crippen molar-refractivity contribution in [2.24, 2.45) is 0 Å². The first kappa shape index (κ1) is 14.6. The third kappa shape index (κ3) is 5.14. The van der Waals surface area contributed by atoms with Crippen LogP contribution in [0.2, 0.25) is 10.0 Å². The zero-order valence-electron chi connectivity index (χ0n) is 8.44. The fourth-order valence-electron chi connectivity index (χ4n) is 1.10. The van der Waals surface area contributed by atoms with E-state index >= 15 is 0 Å². The number of hydrogen-bond acceptors (Lipinski definition) is 3. The Kier molecular flexibility index (Phi) is 5.09. The molecule has 1 rings (SSSR count). The van der Waals surface area contributed by atoms with Crippen LogP contribution >= 0.6 is 35.0 Å². The Balaban J connectivity index is 2.53. The molecule has 0 amide bonds. The minimum absolute atomic E-state index is 0.105. The van der Waals surface area contributed by atoms with Crippen molar-refractivity contribution in [3.63, 3.8) is 0 Å². The van der Waals surface area contributed by atoms with Crippen LogP contribution in [0.1, 0.15) is 0 Å². The van der Waals surface area contributed by atoms with Crippen LogP contribution in [-0.4, -0.2) is 17.8 Å². The van der Waals surface area contributed by atoms with Gasteiger partial charge in [-0.05, 0) is 23.9 Å². The summed E-state index contributed by atoms with van der Waals surface area (Å²) in [4.78, 5) is 0. The van der Waals surface area contributed by atoms with Gasteiger partial charge in [0.15, 0.2) is 0 Å². The number of nitrogen functional groups attached to an aromatic ring is 1. The number of nitrogens with one attached hydrogen (secondary N) is 1. The van der Waals surface area contributed by atoms with Gasteiger partial charge in [0.25, 0.3) is 0 Å². The minimum atomic E-state index is -4.23. The smallest absolute Gasteiger partial charge is 0.399 e. The Morgan fingerprint density at radius 3 is 2.24 bits per heavy atom. The number of anilines is 2. The molecule has 0 fully saturated rings. The maximum Gasteiger partial charge on any atom is 0.441 e. The quantitative estimate of drug-likeness (QED) is 0.645. The second-order valence-corrected chi connectivity index (χ2v) is 5.05. The molecule has 0 heterocycles. The van der Waals surface area contributed by atoms with Gasteiger partial charge in [0.2, 0.25) is 0 Å². The average molecular weight is 305 g/mol. The van der Waals surface area contributed by atoms with E-state index in [2.05, 4.69) is 5.32 Å². The maximum atomic E-state index is 11.9. The summed E-state index contributed by atoms with van der Waals surface area (Å²) >= 11 is 11.6. The molecule has 0 saturated heterocycles. The molecule has 0 saturated carbocycles. The summed E-state index contributed by atoms with van der Waals surface area (Å²) in [6.45, 7) is 0.105. The number of benzene rings is 1. The Hall–Kier alpha value is -0.460. The zero-order valence-corrected chi connectivity index (χ0v) is 10.8. The van der Waals surface area contributed by atoms with Crippen molar-refractivity contribution in [1.29, 1.82) is 0 Å². The van der Waals surface area contributed by atoms with Crippen molar-refractivity contribution in [2.75, 3.05) is 23.3 Å². The highest BCUT2D eigenvalue weighted by molar-refractivity contribution is 8.00. The Labute approximate surface area is 111 Å². The Morgan fingerprint density at radius 1 is 1.24 bits per heavy atom. The summed E-state index contributed by atoms with van der Waals surface area (Å²) < 4.78 is 35.6. The average Bonchev–Trinajstić information content (AvgIpc) is 2.13. The van der Waals surface area contributed by atoms with E-state index in [1.54, 1.807) is 0 Å². The molecular formula is C9H9Cl2F3N2S. The maximum absolute atomic E-state index is 11.9. The van der Waals surface area contributed by atoms with Crippen molar-refractivity contribution >= 4 is 46.3 Å². The monoisotopic (exact) mass is 304 g/mol. The third-order valence-corrected chi connectivity index (χ3v) is 3.07. The number of rotatable bonds is 4. The highest BCUT2D eigenvalue weighted by Gasteiger charge is 2.27. The number of halogens is 5. The molecule has 2 nitrogen and oxygen atoms in total. The molecule has 0 aliphatic heterocycles. The first-order valence-corrected chi connectivity index (χ1v) is 6.23. The molecule has 8 heteroatoms. The van der Waals surface area contributed by atoms with Crippen LogP contribution in [0.25, 0.3) is 0 Å². The summed E-state index contributed by atoms with van der Waals surface area (Å²) in [7, 11) is 0. The summed E-state index contributed by atoms with van der Waals surface area (Å²) in [5.41, 5.74) is 2.06. The minimum Gasteiger partial charge on any atom is -0.399 e. The van der Waals surface area contributed by atoms with Crippen molar-refractivity contribution in [2.45, 2.75) is 5.51 Å². The van der Waals surface area contributed by atoms with E-state index in [1.165, 1.54) is 12.1 Å². The molecule has 0 spiro atoms. The van der Waals surface area contributed by atoms with E-state index in [1.807, 2.05) is 0 Å². The van der Waals surface area contributed by atoms with E-state index in [0.717, 1.165) is 0 Å². The van der Waals surface area contributed by atoms with E-state index in [9.17, 15) is 13.2 Å². The number of nitrogens with two attached hydrogens (primary N) is 1. The van der Waals surface area contributed by atoms with Gasteiger partial charge < -0.3 is 11.1 Å². The lowest BCUT2D eigenvalue weighted by molar-refractivity contribution is -0.0327. The van der Waals surface area contributed by atoms with Crippen molar-refractivity contribution < 1.29 is 13.2 Å². The summed E-state index contributed by atoms with van der Waals surface area (Å²) in [6, 6.07) is 2.96. The molecule has 1 aromatic rings. The molecule has 1 aromatic carbocycles. The van der Waals surface area contributed by atoms with Crippen LogP contribution in [0, 0.1) is 0 Å². The molecule has 17 heavy (non-hydrogen) atoms. The van der Waals surface area contributed by atoms with Gasteiger partial charge in [-0.25, -0.2) is 0 Å². The van der Waals surface area contributed by atoms with Crippen LogP contribution in [0.3, 0.4) is 0 Å². The molecule has 96 valence electrons. The first-order chi connectivity index (χ1) is 7.79. The lowest BCUT2D eigenvalue weighted by Gasteiger charge is -2.11. The Morgan fingerprint density at radius 2 is 1.76 bits per heavy atom. The van der Waals surface area contributed by atoms with Gasteiger partial charge in [-0.2, -0.15) is 13.2 Å². The lowest BCUT2D eigenvalue weighted by atomic mass is 10.3. The highest BCUT2D eigenvalue weighted by Crippen LogP contribution is 2.33. The van der Waals surface area contributed by atoms with Gasteiger partial charge in [-0.1, -0.05) is 23.2 Å². The van der Waals surface area contributed by atoms with Crippen molar-refractivity contribution in [3.05, 3.63) is 22.2 Å². The summed E-state index contributed by atoms with van der Waals surface area (Å²) in [5.74, 6) is -0.124. The second kappa shape index (κ2) is 5.93. The predicted molar refractivity (Wildman–Crippen MR) is 67.9 cm³/mol. The van der Waals surface area contributed by atoms with E-state index < -0.39 is 5.51 Å². The van der Waals surface area contributed by atoms with E-state index in [0.29, 0.717) is 11.4 Å². The number of thioether (sulfide) groups is 1. The second-order valence-electron chi connectivity index (χ2n) is 3.08. The molecule has 3 N–H and O–H groups in total. The number of hydrogen-bond donors (Lipinski definition) is 2. The molecule has 0 aliphatic carbocycles. The topological polar surface area (TPSA) is 38.0 Å². The highest BCUT2D eigenvalue weighted by atomic mass is 35.5. The Bertz CT molecular complexity index is 375. The van der Waals surface area contributed by atoms with Gasteiger partial charge in [0.05, 0.1) is 15.7 Å². The molecule has 0 bridgehead atoms. The molecule has 0 aromatic heterocycles. The van der Waals surface area contributed by atoms with E-state index in [-0.39, 0.29) is 34.1 Å². The number of alkyl halides is 3. The van der Waals surface area contributed by atoms with Gasteiger partial charge in [-0.3, -0.25) is 0 Å². The normalized spacial score (nSPS) is 11.6. The summed E-state index contributed by atoms with van der Waals surface area (Å²) in [6.07, 6.45) is 0. The largest absolute Gasteiger partial charge is 0.441 e. The van der Waals surface area contributed by atoms with Gasteiger partial charge in [0.1, 0.15) is 0 Å². The molecular weight excluding hydrogens is 296 g/mol. The molecule has 0 unspecified atom stereocenters. The fourth-order valence-corrected chi connectivity index (χ4v) is 2.18. The first-order valence-electron chi connectivity index (χ1n) is 4.48. The van der Waals surface area contributed by atoms with Crippen LogP contribution < -0.4 is 11.1 Å². The third-order valence-electron chi connectivity index (χ3n) is 1.73. The van der Waals surface area contributed by atoms with Crippen molar-refractivity contribution in [3.8, 4) is 0 Å². The zero-order chi connectivity index (χ0) is 13.1. The van der Waals surface area contributed by atoms with E-state index in [4.69, 9.17) is 28.9 Å². The van der Waals surface area contributed by atoms with Gasteiger partial charge in [-0.15, -0.1) is 0 Å². The van der Waals surface area contributed by atoms with Gasteiger partial charge in [0, 0.05) is 18.0 Å². The van der Waals surface area contributed by atoms with Crippen LogP contribution in [0.4, 0.5) is 24.5 Å². The molecule has 0 aliphatic rings. The SMILES string of the molecule is Nc1cc(Cl)c(NCCSC(F)(F)F)c(Cl)c1. The predicted octanol–water partition coefficient (Wildman–Crippen LogP) is 4.24. The fraction of sp³-hybridized carbons (Fsp3) is 0.333. The van der Waals surface area contributed by atoms with Crippen LogP contribution in [0.5, 0.6) is 0 Å².